The molecule has 0 aromatic heterocycles. The lowest BCUT2D eigenvalue weighted by molar-refractivity contribution is -0.0190. The Balaban J connectivity index is 2.30. The molecule has 1 fully saturated rings. The van der Waals surface area contributed by atoms with E-state index in [-0.39, 0.29) is 17.2 Å². The van der Waals surface area contributed by atoms with Crippen molar-refractivity contribution in [1.29, 1.82) is 5.41 Å². The van der Waals surface area contributed by atoms with Crippen LogP contribution in [0.3, 0.4) is 0 Å². The van der Waals surface area contributed by atoms with Crippen LogP contribution in [0.4, 0.5) is 0 Å². The Labute approximate surface area is 113 Å². The minimum Gasteiger partial charge on any atom is -0.375 e. The van der Waals surface area contributed by atoms with Crippen molar-refractivity contribution in [3.63, 3.8) is 0 Å². The normalized spacial score (nSPS) is 20.9. The predicted octanol–water partition coefficient (Wildman–Crippen LogP) is 0.285. The van der Waals surface area contributed by atoms with Crippen LogP contribution in [0.2, 0.25) is 0 Å². The van der Waals surface area contributed by atoms with Crippen LogP contribution < -0.4 is 11.5 Å². The fourth-order valence-corrected chi connectivity index (χ4v) is 2.60. The maximum Gasteiger partial charge on any atom is 0.193 e. The van der Waals surface area contributed by atoms with Crippen molar-refractivity contribution in [2.24, 2.45) is 22.4 Å². The van der Waals surface area contributed by atoms with Crippen molar-refractivity contribution in [2.45, 2.75) is 20.0 Å². The van der Waals surface area contributed by atoms with Crippen molar-refractivity contribution < 1.29 is 4.74 Å². The van der Waals surface area contributed by atoms with Crippen LogP contribution in [-0.2, 0) is 4.74 Å². The highest BCUT2D eigenvalue weighted by molar-refractivity contribution is 8.13. The first-order valence-electron chi connectivity index (χ1n) is 6.12. The average molecular weight is 273 g/mol. The number of thioether (sulfide) groups is 1. The van der Waals surface area contributed by atoms with Gasteiger partial charge in [0.05, 0.1) is 12.7 Å². The van der Waals surface area contributed by atoms with Crippen LogP contribution in [0.5, 0.6) is 0 Å². The summed E-state index contributed by atoms with van der Waals surface area (Å²) >= 11 is 1.32. The number of nitrogens with one attached hydrogen (secondary N) is 1. The second-order valence-corrected chi connectivity index (χ2v) is 5.81. The lowest BCUT2D eigenvalue weighted by Gasteiger charge is -2.33. The fourth-order valence-electron chi connectivity index (χ4n) is 1.88. The zero-order chi connectivity index (χ0) is 13.5. The molecule has 0 bridgehead atoms. The molecule has 5 N–H and O–H groups in total. The number of nitrogens with zero attached hydrogens (tertiary/aromatic N) is 2. The molecule has 1 aliphatic rings. The first-order chi connectivity index (χ1) is 8.47. The molecule has 1 atom stereocenters. The summed E-state index contributed by atoms with van der Waals surface area (Å²) in [6.07, 6.45) is 0.150. The van der Waals surface area contributed by atoms with Gasteiger partial charge in [0, 0.05) is 25.4 Å². The van der Waals surface area contributed by atoms with Crippen LogP contribution in [0.1, 0.15) is 13.8 Å². The van der Waals surface area contributed by atoms with Crippen molar-refractivity contribution in [3.05, 3.63) is 0 Å². The minimum atomic E-state index is -0.0708. The van der Waals surface area contributed by atoms with Crippen molar-refractivity contribution in [2.75, 3.05) is 32.0 Å². The third kappa shape index (κ3) is 6.23. The van der Waals surface area contributed by atoms with E-state index in [9.17, 15) is 0 Å². The molecule has 1 saturated heterocycles. The molecule has 0 saturated carbocycles. The molecular formula is C11H23N5OS. The number of rotatable bonds is 4. The number of amidine groups is 1. The molecule has 0 aliphatic carbocycles. The summed E-state index contributed by atoms with van der Waals surface area (Å²) in [5, 5.41) is 7.69. The highest BCUT2D eigenvalue weighted by Crippen LogP contribution is 2.14. The number of ether oxygens (including phenoxy) is 1. The number of nitrogens with two attached hydrogens (primary N) is 2. The quantitative estimate of drug-likeness (QED) is 0.505. The molecule has 1 aliphatic heterocycles. The fraction of sp³-hybridized carbons (Fsp3) is 0.818. The van der Waals surface area contributed by atoms with Crippen LogP contribution in [-0.4, -0.2) is 54.1 Å². The predicted molar refractivity (Wildman–Crippen MR) is 77.0 cm³/mol. The Morgan fingerprint density at radius 3 is 2.89 bits per heavy atom. The lowest BCUT2D eigenvalue weighted by atomic mass is 10.2. The SMILES string of the molecule is CC(C)CN1CCOC(CSC(=N)N=C(N)N)C1. The number of morpholine rings is 1. The van der Waals surface area contributed by atoms with Crippen LogP contribution in [0.25, 0.3) is 0 Å². The Bertz CT molecular complexity index is 304. The summed E-state index contributed by atoms with van der Waals surface area (Å²) in [7, 11) is 0. The number of aliphatic imine (C=N–C) groups is 1. The molecule has 7 heteroatoms. The zero-order valence-corrected chi connectivity index (χ0v) is 11.9. The molecule has 0 aromatic rings. The highest BCUT2D eigenvalue weighted by Gasteiger charge is 2.21. The van der Waals surface area contributed by atoms with E-state index >= 15 is 0 Å². The van der Waals surface area contributed by atoms with Gasteiger partial charge in [0.2, 0.25) is 0 Å². The van der Waals surface area contributed by atoms with Gasteiger partial charge < -0.3 is 16.2 Å². The van der Waals surface area contributed by atoms with Gasteiger partial charge in [-0.05, 0) is 5.92 Å². The summed E-state index contributed by atoms with van der Waals surface area (Å²) in [5.74, 6) is 1.30. The maximum atomic E-state index is 7.55. The summed E-state index contributed by atoms with van der Waals surface area (Å²) in [4.78, 5) is 6.08. The lowest BCUT2D eigenvalue weighted by Crippen LogP contribution is -2.45. The summed E-state index contributed by atoms with van der Waals surface area (Å²) in [5.41, 5.74) is 10.4. The van der Waals surface area contributed by atoms with Gasteiger partial charge in [-0.25, -0.2) is 0 Å². The molecule has 1 heterocycles. The van der Waals surface area contributed by atoms with Crippen LogP contribution in [0, 0.1) is 11.3 Å². The van der Waals surface area contributed by atoms with Crippen LogP contribution in [0.15, 0.2) is 4.99 Å². The van der Waals surface area contributed by atoms with E-state index in [2.05, 4.69) is 23.7 Å². The van der Waals surface area contributed by atoms with E-state index in [1.165, 1.54) is 11.8 Å². The molecule has 0 amide bonds. The Morgan fingerprint density at radius 2 is 2.28 bits per heavy atom. The molecule has 1 rings (SSSR count). The minimum absolute atomic E-state index is 0.0708. The van der Waals surface area contributed by atoms with E-state index in [1.807, 2.05) is 0 Å². The van der Waals surface area contributed by atoms with E-state index in [0.29, 0.717) is 11.7 Å². The molecule has 0 aromatic carbocycles. The van der Waals surface area contributed by atoms with Gasteiger partial charge >= 0.3 is 0 Å². The second kappa shape index (κ2) is 7.60. The molecule has 104 valence electrons. The van der Waals surface area contributed by atoms with Crippen molar-refractivity contribution in [3.8, 4) is 0 Å². The molecular weight excluding hydrogens is 250 g/mol. The van der Waals surface area contributed by atoms with Gasteiger partial charge in [-0.2, -0.15) is 4.99 Å². The number of hydrogen-bond donors (Lipinski definition) is 3. The topological polar surface area (TPSA) is 101 Å². The van der Waals surface area contributed by atoms with E-state index < -0.39 is 0 Å². The molecule has 0 spiro atoms. The number of guanidine groups is 1. The highest BCUT2D eigenvalue weighted by atomic mass is 32.2. The van der Waals surface area contributed by atoms with Gasteiger partial charge in [-0.1, -0.05) is 25.6 Å². The summed E-state index contributed by atoms with van der Waals surface area (Å²) in [6.45, 7) is 8.19. The molecule has 6 nitrogen and oxygen atoms in total. The van der Waals surface area contributed by atoms with Crippen LogP contribution >= 0.6 is 11.8 Å². The third-order valence-electron chi connectivity index (χ3n) is 2.48. The standard InChI is InChI=1S/C11H23N5OS/c1-8(2)5-16-3-4-17-9(6-16)7-18-11(14)15-10(12)13/h8-9H,3-7H2,1-2H3,(H5,12,13,14,15). The molecule has 18 heavy (non-hydrogen) atoms. The molecule has 1 unspecified atom stereocenters. The second-order valence-electron chi connectivity index (χ2n) is 4.80. The van der Waals surface area contributed by atoms with E-state index in [1.54, 1.807) is 0 Å². The Morgan fingerprint density at radius 1 is 1.56 bits per heavy atom. The van der Waals surface area contributed by atoms with Gasteiger partial charge in [-0.15, -0.1) is 0 Å². The van der Waals surface area contributed by atoms with E-state index in [4.69, 9.17) is 21.6 Å². The smallest absolute Gasteiger partial charge is 0.193 e. The van der Waals surface area contributed by atoms with Gasteiger partial charge in [0.25, 0.3) is 0 Å². The summed E-state index contributed by atoms with van der Waals surface area (Å²) in [6, 6.07) is 0. The average Bonchev–Trinajstić information content (AvgIpc) is 2.25. The Kier molecular flexibility index (Phi) is 6.45. The van der Waals surface area contributed by atoms with Crippen molar-refractivity contribution in [1.82, 2.24) is 4.90 Å². The largest absolute Gasteiger partial charge is 0.375 e. The summed E-state index contributed by atoms with van der Waals surface area (Å²) < 4.78 is 5.68. The first kappa shape index (κ1) is 15.3. The van der Waals surface area contributed by atoms with Gasteiger partial charge in [-0.3, -0.25) is 10.3 Å². The van der Waals surface area contributed by atoms with Gasteiger partial charge in [0.15, 0.2) is 11.1 Å². The maximum absolute atomic E-state index is 7.55. The van der Waals surface area contributed by atoms with Crippen molar-refractivity contribution >= 4 is 22.9 Å². The van der Waals surface area contributed by atoms with Gasteiger partial charge in [0.1, 0.15) is 0 Å². The molecule has 0 radical (unpaired) electrons. The monoisotopic (exact) mass is 273 g/mol. The number of hydrogen-bond acceptors (Lipinski definition) is 4. The third-order valence-corrected chi connectivity index (χ3v) is 3.39. The zero-order valence-electron chi connectivity index (χ0n) is 11.1. The van der Waals surface area contributed by atoms with E-state index in [0.717, 1.165) is 26.2 Å². The Hall–Kier alpha value is -0.790. The first-order valence-corrected chi connectivity index (χ1v) is 7.11.